The first-order chi connectivity index (χ1) is 8.47. The van der Waals surface area contributed by atoms with Crippen LogP contribution >= 0.6 is 43.2 Å². The van der Waals surface area contributed by atoms with Crippen LogP contribution in [0.3, 0.4) is 0 Å². The molecule has 18 heavy (non-hydrogen) atoms. The first-order valence-corrected chi connectivity index (χ1v) is 7.50. The van der Waals surface area contributed by atoms with Crippen LogP contribution in [0.5, 0.6) is 0 Å². The Balaban J connectivity index is 2.21. The van der Waals surface area contributed by atoms with Gasteiger partial charge in [-0.25, -0.2) is 0 Å². The summed E-state index contributed by atoms with van der Waals surface area (Å²) in [5.74, 6) is -0.126. The molecule has 0 saturated carbocycles. The molecule has 3 N–H and O–H groups in total. The third-order valence-electron chi connectivity index (χ3n) is 2.37. The molecule has 1 aromatic heterocycles. The van der Waals surface area contributed by atoms with Gasteiger partial charge in [0.25, 0.3) is 5.91 Å². The van der Waals surface area contributed by atoms with Crippen LogP contribution < -0.4 is 11.1 Å². The second-order valence-electron chi connectivity index (χ2n) is 3.76. The highest BCUT2D eigenvalue weighted by Crippen LogP contribution is 2.32. The normalized spacial score (nSPS) is 10.4. The van der Waals surface area contributed by atoms with Gasteiger partial charge in [-0.3, -0.25) is 4.79 Å². The number of aryl methyl sites for hydroxylation is 1. The Hall–Kier alpha value is -0.850. The Morgan fingerprint density at radius 1 is 1.33 bits per heavy atom. The van der Waals surface area contributed by atoms with Crippen molar-refractivity contribution < 1.29 is 4.79 Å². The van der Waals surface area contributed by atoms with Crippen LogP contribution in [-0.4, -0.2) is 5.91 Å². The largest absolute Gasteiger partial charge is 0.399 e. The molecule has 94 valence electrons. The van der Waals surface area contributed by atoms with Crippen molar-refractivity contribution in [2.75, 3.05) is 11.1 Å². The summed E-state index contributed by atoms with van der Waals surface area (Å²) in [7, 11) is 0. The standard InChI is InChI=1S/C12H10Br2N2OS/c1-6-4-7(15)2-3-9(6)16-12(17)10-5-8(13)11(14)18-10/h2-5H,15H2,1H3,(H,16,17). The Kier molecular flexibility index (Phi) is 4.09. The van der Waals surface area contributed by atoms with Crippen LogP contribution in [0.1, 0.15) is 15.2 Å². The summed E-state index contributed by atoms with van der Waals surface area (Å²) < 4.78 is 1.79. The SMILES string of the molecule is Cc1cc(N)ccc1NC(=O)c1cc(Br)c(Br)s1. The lowest BCUT2D eigenvalue weighted by Gasteiger charge is -2.07. The molecule has 0 saturated heterocycles. The molecule has 0 aliphatic heterocycles. The van der Waals surface area contributed by atoms with E-state index in [0.717, 1.165) is 19.5 Å². The molecule has 0 radical (unpaired) electrons. The van der Waals surface area contributed by atoms with E-state index in [0.29, 0.717) is 10.6 Å². The van der Waals surface area contributed by atoms with E-state index in [1.165, 1.54) is 11.3 Å². The molecule has 1 aromatic carbocycles. The van der Waals surface area contributed by atoms with Gasteiger partial charge in [-0.05, 0) is 68.6 Å². The fourth-order valence-corrected chi connectivity index (χ4v) is 3.40. The number of benzene rings is 1. The van der Waals surface area contributed by atoms with Gasteiger partial charge in [0.2, 0.25) is 0 Å². The summed E-state index contributed by atoms with van der Waals surface area (Å²) in [5, 5.41) is 2.87. The van der Waals surface area contributed by atoms with Crippen molar-refractivity contribution in [1.82, 2.24) is 0 Å². The number of nitrogens with two attached hydrogens (primary N) is 1. The Morgan fingerprint density at radius 3 is 2.61 bits per heavy atom. The molecule has 0 unspecified atom stereocenters. The van der Waals surface area contributed by atoms with Gasteiger partial charge in [0.1, 0.15) is 0 Å². The molecule has 0 aliphatic carbocycles. The van der Waals surface area contributed by atoms with Crippen LogP contribution in [-0.2, 0) is 0 Å². The first-order valence-electron chi connectivity index (χ1n) is 5.09. The smallest absolute Gasteiger partial charge is 0.265 e. The topological polar surface area (TPSA) is 55.1 Å². The van der Waals surface area contributed by atoms with Crippen LogP contribution in [0.4, 0.5) is 11.4 Å². The van der Waals surface area contributed by atoms with Crippen molar-refractivity contribution in [2.24, 2.45) is 0 Å². The number of anilines is 2. The summed E-state index contributed by atoms with van der Waals surface area (Å²) in [5.41, 5.74) is 8.07. The summed E-state index contributed by atoms with van der Waals surface area (Å²) >= 11 is 8.11. The molecule has 1 amide bonds. The minimum atomic E-state index is -0.126. The number of halogens is 2. The maximum absolute atomic E-state index is 12.0. The van der Waals surface area contributed by atoms with Gasteiger partial charge < -0.3 is 11.1 Å². The molecule has 0 spiro atoms. The number of carbonyl (C=O) groups excluding carboxylic acids is 1. The minimum absolute atomic E-state index is 0.126. The number of amides is 1. The number of thiophene rings is 1. The van der Waals surface area contributed by atoms with E-state index in [-0.39, 0.29) is 5.91 Å². The van der Waals surface area contributed by atoms with Gasteiger partial charge >= 0.3 is 0 Å². The quantitative estimate of drug-likeness (QED) is 0.747. The molecule has 2 rings (SSSR count). The lowest BCUT2D eigenvalue weighted by atomic mass is 10.2. The van der Waals surface area contributed by atoms with Crippen LogP contribution in [0.15, 0.2) is 32.5 Å². The fourth-order valence-electron chi connectivity index (χ4n) is 1.47. The zero-order valence-electron chi connectivity index (χ0n) is 9.46. The van der Waals surface area contributed by atoms with E-state index in [1.54, 1.807) is 18.2 Å². The molecule has 0 atom stereocenters. The molecule has 0 aliphatic rings. The fraction of sp³-hybridized carbons (Fsp3) is 0.0833. The zero-order valence-corrected chi connectivity index (χ0v) is 13.4. The third-order valence-corrected chi connectivity index (χ3v) is 5.62. The van der Waals surface area contributed by atoms with E-state index in [9.17, 15) is 4.79 Å². The van der Waals surface area contributed by atoms with Crippen LogP contribution in [0.2, 0.25) is 0 Å². The van der Waals surface area contributed by atoms with Crippen LogP contribution in [0.25, 0.3) is 0 Å². The lowest BCUT2D eigenvalue weighted by molar-refractivity contribution is 0.103. The van der Waals surface area contributed by atoms with Gasteiger partial charge in [0, 0.05) is 15.8 Å². The third kappa shape index (κ3) is 2.93. The zero-order chi connectivity index (χ0) is 13.3. The Morgan fingerprint density at radius 2 is 2.06 bits per heavy atom. The van der Waals surface area contributed by atoms with E-state index >= 15 is 0 Å². The number of hydrogen-bond acceptors (Lipinski definition) is 3. The monoisotopic (exact) mass is 388 g/mol. The summed E-state index contributed by atoms with van der Waals surface area (Å²) in [6, 6.07) is 7.19. The van der Waals surface area contributed by atoms with Gasteiger partial charge in [0.05, 0.1) is 8.66 Å². The molecule has 0 fully saturated rings. The Bertz CT molecular complexity index is 591. The van der Waals surface area contributed by atoms with Crippen molar-refractivity contribution in [3.8, 4) is 0 Å². The molecule has 1 heterocycles. The lowest BCUT2D eigenvalue weighted by Crippen LogP contribution is -2.11. The van der Waals surface area contributed by atoms with E-state index in [2.05, 4.69) is 37.2 Å². The highest BCUT2D eigenvalue weighted by molar-refractivity contribution is 9.13. The summed E-state index contributed by atoms with van der Waals surface area (Å²) in [6.07, 6.45) is 0. The highest BCUT2D eigenvalue weighted by Gasteiger charge is 2.13. The van der Waals surface area contributed by atoms with E-state index in [1.807, 2.05) is 13.0 Å². The van der Waals surface area contributed by atoms with Gasteiger partial charge in [-0.15, -0.1) is 11.3 Å². The van der Waals surface area contributed by atoms with Gasteiger partial charge in [0.15, 0.2) is 0 Å². The van der Waals surface area contributed by atoms with Gasteiger partial charge in [-0.2, -0.15) is 0 Å². The van der Waals surface area contributed by atoms with Crippen LogP contribution in [0, 0.1) is 6.92 Å². The second kappa shape index (κ2) is 5.42. The Labute approximate surface area is 126 Å². The molecule has 3 nitrogen and oxygen atoms in total. The highest BCUT2D eigenvalue weighted by atomic mass is 79.9. The molecular formula is C12H10Br2N2OS. The van der Waals surface area contributed by atoms with Crippen molar-refractivity contribution in [1.29, 1.82) is 0 Å². The minimum Gasteiger partial charge on any atom is -0.399 e. The second-order valence-corrected chi connectivity index (χ2v) is 6.99. The predicted molar refractivity (Wildman–Crippen MR) is 83.3 cm³/mol. The van der Waals surface area contributed by atoms with Crippen molar-refractivity contribution >= 4 is 60.5 Å². The van der Waals surface area contributed by atoms with Crippen molar-refractivity contribution in [2.45, 2.75) is 6.92 Å². The summed E-state index contributed by atoms with van der Waals surface area (Å²) in [6.45, 7) is 1.91. The number of carbonyl (C=O) groups is 1. The predicted octanol–water partition coefficient (Wildman–Crippen LogP) is 4.42. The molecule has 6 heteroatoms. The van der Waals surface area contributed by atoms with Crippen molar-refractivity contribution in [3.05, 3.63) is 43.0 Å². The summed E-state index contributed by atoms with van der Waals surface area (Å²) in [4.78, 5) is 12.7. The molecular weight excluding hydrogens is 380 g/mol. The first kappa shape index (κ1) is 13.6. The molecule has 2 aromatic rings. The molecule has 0 bridgehead atoms. The number of hydrogen-bond donors (Lipinski definition) is 2. The van der Waals surface area contributed by atoms with E-state index in [4.69, 9.17) is 5.73 Å². The number of rotatable bonds is 2. The van der Waals surface area contributed by atoms with E-state index < -0.39 is 0 Å². The number of nitrogens with one attached hydrogen (secondary N) is 1. The van der Waals surface area contributed by atoms with Crippen molar-refractivity contribution in [3.63, 3.8) is 0 Å². The van der Waals surface area contributed by atoms with Gasteiger partial charge in [-0.1, -0.05) is 0 Å². The average Bonchev–Trinajstić information content (AvgIpc) is 2.63. The maximum atomic E-state index is 12.0. The number of nitrogen functional groups attached to an aromatic ring is 1. The average molecular weight is 390 g/mol. The maximum Gasteiger partial charge on any atom is 0.265 e.